The monoisotopic (exact) mass is 325 g/mol. The highest BCUT2D eigenvalue weighted by Gasteiger charge is 2.13. The highest BCUT2D eigenvalue weighted by Crippen LogP contribution is 2.15. The van der Waals surface area contributed by atoms with Crippen molar-refractivity contribution in [2.45, 2.75) is 19.3 Å². The molecule has 0 N–H and O–H groups in total. The lowest BCUT2D eigenvalue weighted by molar-refractivity contribution is -0.119. The number of aromatic nitrogens is 1. The lowest BCUT2D eigenvalue weighted by Crippen LogP contribution is -2.34. The van der Waals surface area contributed by atoms with Crippen LogP contribution in [-0.2, 0) is 11.8 Å². The fraction of sp³-hybridized carbons (Fsp3) is 0.467. The minimum absolute atomic E-state index is 0. The summed E-state index contributed by atoms with van der Waals surface area (Å²) in [6.45, 7) is 2.51. The average molecular weight is 326 g/mol. The van der Waals surface area contributed by atoms with E-state index in [9.17, 15) is 4.79 Å². The molecule has 1 amide bonds. The van der Waals surface area contributed by atoms with Crippen LogP contribution in [0.3, 0.4) is 0 Å². The summed E-state index contributed by atoms with van der Waals surface area (Å²) in [5, 5.41) is 0. The van der Waals surface area contributed by atoms with Crippen LogP contribution in [0.1, 0.15) is 19.3 Å². The molecule has 1 saturated heterocycles. The smallest absolute Gasteiger partial charge is 0.262 e. The molecule has 0 atom stereocenters. The number of hydrogen-bond acceptors (Lipinski definition) is 3. The number of carbonyl (C=O) groups is 1. The molecule has 114 valence electrons. The number of nitrogens with zero attached hydrogens (tertiary/aromatic N) is 3. The third-order valence-corrected chi connectivity index (χ3v) is 4.86. The molecular weight excluding hydrogens is 306 g/mol. The number of hydrogen-bond donors (Lipinski definition) is 0. The Balaban J connectivity index is 0.00000161. The van der Waals surface area contributed by atoms with Crippen molar-refractivity contribution in [1.29, 1.82) is 0 Å². The maximum atomic E-state index is 12.1. The van der Waals surface area contributed by atoms with Gasteiger partial charge < -0.3 is 4.57 Å². The number of likely N-dealkylation sites (tertiary alicyclic amines) is 1. The maximum Gasteiger partial charge on any atom is 0.262 e. The molecule has 1 aromatic heterocycles. The SMILES string of the molecule is Cl.Cn1c(=NC(=O)CN2CCCCC2)sc2ccccc21. The van der Waals surface area contributed by atoms with Crippen molar-refractivity contribution < 1.29 is 4.79 Å². The van der Waals surface area contributed by atoms with Gasteiger partial charge in [0.1, 0.15) is 0 Å². The van der Waals surface area contributed by atoms with E-state index in [1.807, 2.05) is 23.7 Å². The molecule has 21 heavy (non-hydrogen) atoms. The Bertz CT molecular complexity index is 686. The van der Waals surface area contributed by atoms with Gasteiger partial charge in [-0.25, -0.2) is 0 Å². The quantitative estimate of drug-likeness (QED) is 0.851. The molecule has 0 radical (unpaired) electrons. The van der Waals surface area contributed by atoms with Crippen LogP contribution in [0.4, 0.5) is 0 Å². The first-order valence-corrected chi connectivity index (χ1v) is 7.90. The third kappa shape index (κ3) is 3.73. The van der Waals surface area contributed by atoms with Crippen molar-refractivity contribution >= 4 is 39.9 Å². The molecule has 0 unspecified atom stereocenters. The summed E-state index contributed by atoms with van der Waals surface area (Å²) in [6.07, 6.45) is 3.68. The standard InChI is InChI=1S/C15H19N3OS.ClH/c1-17-12-7-3-4-8-13(12)20-15(17)16-14(19)11-18-9-5-2-6-10-18;/h3-4,7-8H,2,5-6,9-11H2,1H3;1H. The molecule has 6 heteroatoms. The summed E-state index contributed by atoms with van der Waals surface area (Å²) >= 11 is 1.57. The predicted molar refractivity (Wildman–Crippen MR) is 88.9 cm³/mol. The highest BCUT2D eigenvalue weighted by molar-refractivity contribution is 7.16. The van der Waals surface area contributed by atoms with Gasteiger partial charge in [-0.2, -0.15) is 4.99 Å². The molecule has 2 heterocycles. The second-order valence-electron chi connectivity index (χ2n) is 5.25. The number of piperidine rings is 1. The summed E-state index contributed by atoms with van der Waals surface area (Å²) in [7, 11) is 1.96. The van der Waals surface area contributed by atoms with Gasteiger partial charge in [0.15, 0.2) is 4.80 Å². The van der Waals surface area contributed by atoms with E-state index >= 15 is 0 Å². The average Bonchev–Trinajstić information content (AvgIpc) is 2.77. The van der Waals surface area contributed by atoms with Crippen LogP contribution in [0.15, 0.2) is 29.3 Å². The zero-order chi connectivity index (χ0) is 13.9. The van der Waals surface area contributed by atoms with Gasteiger partial charge in [-0.3, -0.25) is 9.69 Å². The van der Waals surface area contributed by atoms with E-state index < -0.39 is 0 Å². The molecule has 1 aliphatic heterocycles. The number of fused-ring (bicyclic) bond motifs is 1. The number of halogens is 1. The molecule has 0 spiro atoms. The van der Waals surface area contributed by atoms with E-state index in [2.05, 4.69) is 22.0 Å². The van der Waals surface area contributed by atoms with E-state index in [0.717, 1.165) is 23.4 Å². The van der Waals surface area contributed by atoms with Gasteiger partial charge in [-0.1, -0.05) is 29.9 Å². The van der Waals surface area contributed by atoms with Crippen molar-refractivity contribution in [3.05, 3.63) is 29.1 Å². The van der Waals surface area contributed by atoms with Gasteiger partial charge in [-0.05, 0) is 38.1 Å². The highest BCUT2D eigenvalue weighted by atomic mass is 35.5. The predicted octanol–water partition coefficient (Wildman–Crippen LogP) is 2.57. The summed E-state index contributed by atoms with van der Waals surface area (Å²) < 4.78 is 3.16. The van der Waals surface area contributed by atoms with Crippen LogP contribution in [0.2, 0.25) is 0 Å². The van der Waals surface area contributed by atoms with Crippen molar-refractivity contribution in [2.24, 2.45) is 12.0 Å². The van der Waals surface area contributed by atoms with E-state index in [1.165, 1.54) is 24.0 Å². The first-order valence-electron chi connectivity index (χ1n) is 7.08. The van der Waals surface area contributed by atoms with Gasteiger partial charge >= 0.3 is 0 Å². The summed E-state index contributed by atoms with van der Waals surface area (Å²) in [6, 6.07) is 8.14. The van der Waals surface area contributed by atoms with Crippen LogP contribution in [0.25, 0.3) is 10.2 Å². The van der Waals surface area contributed by atoms with E-state index in [1.54, 1.807) is 11.3 Å². The number of aryl methyl sites for hydroxylation is 1. The third-order valence-electron chi connectivity index (χ3n) is 3.74. The van der Waals surface area contributed by atoms with Crippen LogP contribution in [0, 0.1) is 0 Å². The Hall–Kier alpha value is -1.17. The molecule has 1 fully saturated rings. The largest absolute Gasteiger partial charge is 0.319 e. The van der Waals surface area contributed by atoms with E-state index in [-0.39, 0.29) is 18.3 Å². The Morgan fingerprint density at radius 3 is 2.67 bits per heavy atom. The second kappa shape index (κ2) is 7.20. The van der Waals surface area contributed by atoms with Crippen LogP contribution in [0.5, 0.6) is 0 Å². The van der Waals surface area contributed by atoms with Gasteiger partial charge in [0.25, 0.3) is 5.91 Å². The minimum atomic E-state index is -0.0333. The number of rotatable bonds is 2. The molecule has 0 aliphatic carbocycles. The number of para-hydroxylation sites is 1. The molecule has 2 aromatic rings. The fourth-order valence-electron chi connectivity index (χ4n) is 2.64. The number of amides is 1. The zero-order valence-corrected chi connectivity index (χ0v) is 13.8. The molecule has 3 rings (SSSR count). The first-order chi connectivity index (χ1) is 9.74. The first kappa shape index (κ1) is 16.2. The van der Waals surface area contributed by atoms with Crippen molar-refractivity contribution in [3.8, 4) is 0 Å². The van der Waals surface area contributed by atoms with Crippen LogP contribution >= 0.6 is 23.7 Å². The number of benzene rings is 1. The molecule has 1 aromatic carbocycles. The molecule has 0 bridgehead atoms. The lowest BCUT2D eigenvalue weighted by atomic mass is 10.1. The molecule has 4 nitrogen and oxygen atoms in total. The molecule has 0 saturated carbocycles. The summed E-state index contributed by atoms with van der Waals surface area (Å²) in [4.78, 5) is 19.4. The van der Waals surface area contributed by atoms with Crippen LogP contribution in [-0.4, -0.2) is 35.0 Å². The van der Waals surface area contributed by atoms with Gasteiger partial charge in [0, 0.05) is 7.05 Å². The van der Waals surface area contributed by atoms with Crippen LogP contribution < -0.4 is 4.80 Å². The number of carbonyl (C=O) groups excluding carboxylic acids is 1. The zero-order valence-electron chi connectivity index (χ0n) is 12.1. The topological polar surface area (TPSA) is 37.6 Å². The normalized spacial score (nSPS) is 16.9. The minimum Gasteiger partial charge on any atom is -0.319 e. The van der Waals surface area contributed by atoms with Gasteiger partial charge in [0.2, 0.25) is 0 Å². The van der Waals surface area contributed by atoms with Gasteiger partial charge in [-0.15, -0.1) is 12.4 Å². The van der Waals surface area contributed by atoms with Crippen molar-refractivity contribution in [1.82, 2.24) is 9.47 Å². The fourth-order valence-corrected chi connectivity index (χ4v) is 3.67. The van der Waals surface area contributed by atoms with Gasteiger partial charge in [0.05, 0.1) is 16.8 Å². The summed E-state index contributed by atoms with van der Waals surface area (Å²) in [5.74, 6) is -0.0333. The lowest BCUT2D eigenvalue weighted by Gasteiger charge is -2.24. The summed E-state index contributed by atoms with van der Waals surface area (Å²) in [5.41, 5.74) is 1.13. The Kier molecular flexibility index (Phi) is 5.56. The number of thiazole rings is 1. The Labute approximate surface area is 134 Å². The Morgan fingerprint density at radius 2 is 1.95 bits per heavy atom. The molecular formula is C15H20ClN3OS. The Morgan fingerprint density at radius 1 is 1.24 bits per heavy atom. The van der Waals surface area contributed by atoms with E-state index in [0.29, 0.717) is 6.54 Å². The second-order valence-corrected chi connectivity index (χ2v) is 6.26. The van der Waals surface area contributed by atoms with Crippen molar-refractivity contribution in [2.75, 3.05) is 19.6 Å². The maximum absolute atomic E-state index is 12.1. The van der Waals surface area contributed by atoms with E-state index in [4.69, 9.17) is 0 Å². The molecule has 1 aliphatic rings. The van der Waals surface area contributed by atoms with Crippen molar-refractivity contribution in [3.63, 3.8) is 0 Å².